The summed E-state index contributed by atoms with van der Waals surface area (Å²) in [6.45, 7) is 17.5. The average Bonchev–Trinajstić information content (AvgIpc) is 2.13. The lowest BCUT2D eigenvalue weighted by atomic mass is 9.56. The molecule has 0 aliphatic carbocycles. The minimum Gasteiger partial charge on any atom is -0.323 e. The van der Waals surface area contributed by atoms with Crippen LogP contribution in [-0.4, -0.2) is 11.1 Å². The van der Waals surface area contributed by atoms with Crippen LogP contribution in [0.3, 0.4) is 0 Å². The minimum atomic E-state index is -0.324. The van der Waals surface area contributed by atoms with E-state index in [0.29, 0.717) is 23.7 Å². The van der Waals surface area contributed by atoms with Gasteiger partial charge in [-0.25, -0.2) is 0 Å². The summed E-state index contributed by atoms with van der Waals surface area (Å²) in [5, 5.41) is 0. The third-order valence-corrected chi connectivity index (χ3v) is 4.57. The van der Waals surface area contributed by atoms with Gasteiger partial charge in [0.15, 0.2) is 0 Å². The summed E-state index contributed by atoms with van der Waals surface area (Å²) < 4.78 is 0. The van der Waals surface area contributed by atoms with Crippen molar-refractivity contribution < 1.29 is 0 Å². The SMILES string of the molecule is CC(C)C(N)(C(C)C)C(N)(C(C)C)C(C)C. The van der Waals surface area contributed by atoms with Crippen molar-refractivity contribution in [3.05, 3.63) is 0 Å². The summed E-state index contributed by atoms with van der Waals surface area (Å²) in [6, 6.07) is 0. The fourth-order valence-electron chi connectivity index (χ4n) is 3.33. The van der Waals surface area contributed by atoms with E-state index in [4.69, 9.17) is 11.5 Å². The van der Waals surface area contributed by atoms with Crippen LogP contribution in [-0.2, 0) is 0 Å². The highest BCUT2D eigenvalue weighted by atomic mass is 15.0. The second-order valence-electron chi connectivity index (χ2n) is 6.48. The second kappa shape index (κ2) is 5.05. The third kappa shape index (κ3) is 2.14. The van der Waals surface area contributed by atoms with E-state index in [2.05, 4.69) is 55.4 Å². The van der Waals surface area contributed by atoms with Gasteiger partial charge in [0.05, 0.1) is 0 Å². The molecule has 2 nitrogen and oxygen atoms in total. The minimum absolute atomic E-state index is 0.324. The van der Waals surface area contributed by atoms with Gasteiger partial charge in [-0.3, -0.25) is 0 Å². The molecule has 0 unspecified atom stereocenters. The molecule has 0 aliphatic heterocycles. The first-order chi connectivity index (χ1) is 7.02. The lowest BCUT2D eigenvalue weighted by Crippen LogP contribution is -2.75. The molecule has 0 rings (SSSR count). The molecule has 4 N–H and O–H groups in total. The van der Waals surface area contributed by atoms with Crippen molar-refractivity contribution in [3.63, 3.8) is 0 Å². The Bertz CT molecular complexity index is 177. The molecule has 2 heteroatoms. The van der Waals surface area contributed by atoms with Crippen LogP contribution >= 0.6 is 0 Å². The predicted molar refractivity (Wildman–Crippen MR) is 73.2 cm³/mol. The highest BCUT2D eigenvalue weighted by Crippen LogP contribution is 2.41. The first-order valence-electron chi connectivity index (χ1n) is 6.60. The Morgan fingerprint density at radius 1 is 0.500 bits per heavy atom. The molecule has 0 heterocycles. The first kappa shape index (κ1) is 15.9. The molecule has 0 radical (unpaired) electrons. The van der Waals surface area contributed by atoms with E-state index in [0.717, 1.165) is 0 Å². The third-order valence-electron chi connectivity index (χ3n) is 4.57. The van der Waals surface area contributed by atoms with Crippen LogP contribution in [0.4, 0.5) is 0 Å². The Hall–Kier alpha value is -0.0800. The molecule has 0 atom stereocenters. The topological polar surface area (TPSA) is 52.0 Å². The van der Waals surface area contributed by atoms with Crippen molar-refractivity contribution >= 4 is 0 Å². The largest absolute Gasteiger partial charge is 0.323 e. The fraction of sp³-hybridized carbons (Fsp3) is 1.00. The van der Waals surface area contributed by atoms with Gasteiger partial charge in [-0.05, 0) is 23.7 Å². The van der Waals surface area contributed by atoms with Crippen LogP contribution in [0.5, 0.6) is 0 Å². The molecule has 0 aromatic heterocycles. The average molecular weight is 228 g/mol. The van der Waals surface area contributed by atoms with Crippen molar-refractivity contribution in [1.82, 2.24) is 0 Å². The zero-order valence-corrected chi connectivity index (χ0v) is 12.5. The molecule has 0 aromatic carbocycles. The predicted octanol–water partition coefficient (Wildman–Crippen LogP) is 3.01. The maximum Gasteiger partial charge on any atom is 0.0388 e. The van der Waals surface area contributed by atoms with Crippen LogP contribution in [0.25, 0.3) is 0 Å². The molecule has 16 heavy (non-hydrogen) atoms. The smallest absolute Gasteiger partial charge is 0.0388 e. The Kier molecular flexibility index (Phi) is 5.03. The van der Waals surface area contributed by atoms with E-state index in [-0.39, 0.29) is 11.1 Å². The molecule has 0 saturated heterocycles. The fourth-order valence-corrected chi connectivity index (χ4v) is 3.33. The van der Waals surface area contributed by atoms with Gasteiger partial charge in [-0.1, -0.05) is 55.4 Å². The Morgan fingerprint density at radius 2 is 0.625 bits per heavy atom. The summed E-state index contributed by atoms with van der Waals surface area (Å²) >= 11 is 0. The van der Waals surface area contributed by atoms with Gasteiger partial charge in [-0.2, -0.15) is 0 Å². The summed E-state index contributed by atoms with van der Waals surface area (Å²) in [7, 11) is 0. The number of nitrogens with two attached hydrogens (primary N) is 2. The molecule has 0 aromatic rings. The maximum absolute atomic E-state index is 6.74. The normalized spacial score (nSPS) is 14.6. The molecule has 0 fully saturated rings. The van der Waals surface area contributed by atoms with Crippen molar-refractivity contribution in [3.8, 4) is 0 Å². The molecule has 0 saturated carbocycles. The van der Waals surface area contributed by atoms with Gasteiger partial charge in [-0.15, -0.1) is 0 Å². The molecule has 98 valence electrons. The molecule has 0 amide bonds. The van der Waals surface area contributed by atoms with Gasteiger partial charge in [0.1, 0.15) is 0 Å². The number of rotatable bonds is 5. The van der Waals surface area contributed by atoms with E-state index in [9.17, 15) is 0 Å². The van der Waals surface area contributed by atoms with E-state index in [1.54, 1.807) is 0 Å². The van der Waals surface area contributed by atoms with Crippen LogP contribution in [0.2, 0.25) is 0 Å². The van der Waals surface area contributed by atoms with Gasteiger partial charge < -0.3 is 11.5 Å². The van der Waals surface area contributed by atoms with Gasteiger partial charge >= 0.3 is 0 Å². The van der Waals surface area contributed by atoms with Gasteiger partial charge in [0.25, 0.3) is 0 Å². The van der Waals surface area contributed by atoms with Crippen LogP contribution < -0.4 is 11.5 Å². The van der Waals surface area contributed by atoms with E-state index >= 15 is 0 Å². The first-order valence-corrected chi connectivity index (χ1v) is 6.60. The van der Waals surface area contributed by atoms with Crippen molar-refractivity contribution in [2.24, 2.45) is 35.1 Å². The van der Waals surface area contributed by atoms with Crippen LogP contribution in [0.1, 0.15) is 55.4 Å². The van der Waals surface area contributed by atoms with E-state index in [1.165, 1.54) is 0 Å². The summed E-state index contributed by atoms with van der Waals surface area (Å²) in [5.41, 5.74) is 12.8. The van der Waals surface area contributed by atoms with Crippen molar-refractivity contribution in [1.29, 1.82) is 0 Å². The molecule has 0 bridgehead atoms. The quantitative estimate of drug-likeness (QED) is 0.760. The standard InChI is InChI=1S/C14H32N2/c1-9(2)13(15,10(3)4)14(16,11(5)6)12(7)8/h9-12H,15-16H2,1-8H3. The van der Waals surface area contributed by atoms with Crippen LogP contribution in [0, 0.1) is 23.7 Å². The van der Waals surface area contributed by atoms with Crippen molar-refractivity contribution in [2.75, 3.05) is 0 Å². The lowest BCUT2D eigenvalue weighted by molar-refractivity contribution is 0.0308. The summed E-state index contributed by atoms with van der Waals surface area (Å²) in [5.74, 6) is 1.51. The zero-order valence-electron chi connectivity index (χ0n) is 12.5. The van der Waals surface area contributed by atoms with Crippen LogP contribution in [0.15, 0.2) is 0 Å². The summed E-state index contributed by atoms with van der Waals surface area (Å²) in [4.78, 5) is 0. The molecular formula is C14H32N2. The van der Waals surface area contributed by atoms with Gasteiger partial charge in [0, 0.05) is 11.1 Å². The highest BCUT2D eigenvalue weighted by Gasteiger charge is 2.53. The van der Waals surface area contributed by atoms with Crippen molar-refractivity contribution in [2.45, 2.75) is 66.5 Å². The highest BCUT2D eigenvalue weighted by molar-refractivity contribution is 5.13. The molecule has 0 aliphatic rings. The zero-order chi connectivity index (χ0) is 13.3. The van der Waals surface area contributed by atoms with Gasteiger partial charge in [0.2, 0.25) is 0 Å². The molecular weight excluding hydrogens is 196 g/mol. The number of hydrogen-bond acceptors (Lipinski definition) is 2. The van der Waals surface area contributed by atoms with E-state index in [1.807, 2.05) is 0 Å². The monoisotopic (exact) mass is 228 g/mol. The van der Waals surface area contributed by atoms with E-state index < -0.39 is 0 Å². The number of hydrogen-bond donors (Lipinski definition) is 2. The Morgan fingerprint density at radius 3 is 0.688 bits per heavy atom. The Balaban J connectivity index is 5.64. The lowest BCUT2D eigenvalue weighted by Gasteiger charge is -2.56. The molecule has 0 spiro atoms. The Labute approximate surface area is 102 Å². The summed E-state index contributed by atoms with van der Waals surface area (Å²) in [6.07, 6.45) is 0. The second-order valence-corrected chi connectivity index (χ2v) is 6.48. The maximum atomic E-state index is 6.74.